The number of anilines is 1. The molecule has 4 aromatic rings. The smallest absolute Gasteiger partial charge is 0.251 e. The lowest BCUT2D eigenvalue weighted by Gasteiger charge is -2.14. The average Bonchev–Trinajstić information content (AvgIpc) is 3.41. The summed E-state index contributed by atoms with van der Waals surface area (Å²) in [5.41, 5.74) is 1.71. The van der Waals surface area contributed by atoms with Crippen molar-refractivity contribution in [3.8, 4) is 28.7 Å². The lowest BCUT2D eigenvalue weighted by atomic mass is 10.2. The summed E-state index contributed by atoms with van der Waals surface area (Å²) in [6, 6.07) is 19.3. The molecule has 1 heterocycles. The third-order valence-corrected chi connectivity index (χ3v) is 6.71. The number of carbonyl (C=O) groups excluding carboxylic acids is 2. The van der Waals surface area contributed by atoms with Gasteiger partial charge < -0.3 is 29.6 Å². The topological polar surface area (TPSA) is 126 Å². The zero-order valence-corrected chi connectivity index (χ0v) is 23.3. The van der Waals surface area contributed by atoms with Gasteiger partial charge in [-0.15, -0.1) is 10.2 Å². The average molecular weight is 564 g/mol. The predicted molar refractivity (Wildman–Crippen MR) is 151 cm³/mol. The van der Waals surface area contributed by atoms with E-state index in [1.54, 1.807) is 61.3 Å². The van der Waals surface area contributed by atoms with Crippen LogP contribution in [-0.2, 0) is 11.3 Å². The molecule has 0 saturated carbocycles. The van der Waals surface area contributed by atoms with Gasteiger partial charge in [0.1, 0.15) is 11.5 Å². The first-order valence-corrected chi connectivity index (χ1v) is 13.1. The minimum atomic E-state index is -0.330. The fourth-order valence-electron chi connectivity index (χ4n) is 3.81. The molecular weight excluding hydrogens is 534 g/mol. The molecule has 0 bridgehead atoms. The van der Waals surface area contributed by atoms with Crippen LogP contribution in [0.1, 0.15) is 16.2 Å². The zero-order chi connectivity index (χ0) is 28.5. The predicted octanol–water partition coefficient (Wildman–Crippen LogP) is 3.96. The maximum atomic E-state index is 12.9. The molecule has 0 aliphatic heterocycles. The number of amides is 2. The van der Waals surface area contributed by atoms with Crippen LogP contribution in [0, 0.1) is 0 Å². The van der Waals surface area contributed by atoms with Crippen molar-refractivity contribution in [2.75, 3.05) is 39.5 Å². The van der Waals surface area contributed by atoms with E-state index < -0.39 is 0 Å². The zero-order valence-electron chi connectivity index (χ0n) is 22.5. The Kier molecular flexibility index (Phi) is 9.47. The highest BCUT2D eigenvalue weighted by Crippen LogP contribution is 2.30. The molecule has 208 valence electrons. The van der Waals surface area contributed by atoms with Crippen LogP contribution >= 0.6 is 11.8 Å². The molecule has 0 atom stereocenters. The van der Waals surface area contributed by atoms with Gasteiger partial charge in [-0.3, -0.25) is 14.2 Å². The molecule has 2 N–H and O–H groups in total. The van der Waals surface area contributed by atoms with E-state index >= 15 is 0 Å². The van der Waals surface area contributed by atoms with Crippen LogP contribution in [0.4, 0.5) is 5.69 Å². The largest absolute Gasteiger partial charge is 0.497 e. The number of benzene rings is 3. The maximum Gasteiger partial charge on any atom is 0.251 e. The van der Waals surface area contributed by atoms with Crippen LogP contribution in [0.5, 0.6) is 23.0 Å². The summed E-state index contributed by atoms with van der Waals surface area (Å²) in [4.78, 5) is 25.6. The fourth-order valence-corrected chi connectivity index (χ4v) is 4.57. The Labute approximate surface area is 235 Å². The minimum absolute atomic E-state index is 0.0663. The normalized spacial score (nSPS) is 10.5. The number of hydrogen-bond donors (Lipinski definition) is 2. The van der Waals surface area contributed by atoms with Crippen LogP contribution in [0.3, 0.4) is 0 Å². The molecule has 11 nitrogen and oxygen atoms in total. The quantitative estimate of drug-likeness (QED) is 0.246. The van der Waals surface area contributed by atoms with E-state index in [1.165, 1.54) is 26.0 Å². The summed E-state index contributed by atoms with van der Waals surface area (Å²) in [7, 11) is 6.18. The molecule has 40 heavy (non-hydrogen) atoms. The van der Waals surface area contributed by atoms with Crippen molar-refractivity contribution >= 4 is 29.3 Å². The van der Waals surface area contributed by atoms with Gasteiger partial charge in [-0.25, -0.2) is 0 Å². The van der Waals surface area contributed by atoms with Gasteiger partial charge in [-0.2, -0.15) is 0 Å². The second kappa shape index (κ2) is 13.4. The molecule has 0 saturated heterocycles. The van der Waals surface area contributed by atoms with E-state index in [0.717, 1.165) is 0 Å². The summed E-state index contributed by atoms with van der Waals surface area (Å²) >= 11 is 1.21. The Morgan fingerprint density at radius 1 is 0.825 bits per heavy atom. The second-order valence-corrected chi connectivity index (χ2v) is 9.17. The monoisotopic (exact) mass is 563 g/mol. The van der Waals surface area contributed by atoms with Crippen molar-refractivity contribution in [3.05, 3.63) is 78.1 Å². The Bertz CT molecular complexity index is 1470. The molecule has 0 radical (unpaired) electrons. The second-order valence-electron chi connectivity index (χ2n) is 8.22. The van der Waals surface area contributed by atoms with Crippen molar-refractivity contribution in [2.24, 2.45) is 0 Å². The summed E-state index contributed by atoms with van der Waals surface area (Å²) in [6.07, 6.45) is 0. The third-order valence-electron chi connectivity index (χ3n) is 5.79. The van der Waals surface area contributed by atoms with Crippen molar-refractivity contribution in [1.29, 1.82) is 0 Å². The first kappa shape index (κ1) is 28.3. The van der Waals surface area contributed by atoms with Gasteiger partial charge in [0.2, 0.25) is 5.91 Å². The van der Waals surface area contributed by atoms with E-state index in [9.17, 15) is 9.59 Å². The van der Waals surface area contributed by atoms with Crippen LogP contribution in [-0.4, -0.2) is 60.8 Å². The first-order valence-electron chi connectivity index (χ1n) is 12.1. The number of ether oxygens (including phenoxy) is 4. The summed E-state index contributed by atoms with van der Waals surface area (Å²) in [5.74, 6) is 2.24. The van der Waals surface area contributed by atoms with Crippen molar-refractivity contribution in [3.63, 3.8) is 0 Å². The third kappa shape index (κ3) is 6.64. The summed E-state index contributed by atoms with van der Waals surface area (Å²) < 4.78 is 23.0. The Balaban J connectivity index is 1.52. The number of methoxy groups -OCH3 is 4. The van der Waals surface area contributed by atoms with Gasteiger partial charge in [-0.05, 0) is 54.6 Å². The van der Waals surface area contributed by atoms with E-state index in [2.05, 4.69) is 20.8 Å². The molecule has 2 amide bonds. The minimum Gasteiger partial charge on any atom is -0.497 e. The van der Waals surface area contributed by atoms with Crippen molar-refractivity contribution < 1.29 is 28.5 Å². The fraction of sp³-hybridized carbons (Fsp3) is 0.214. The molecule has 0 spiro atoms. The van der Waals surface area contributed by atoms with Crippen LogP contribution in [0.15, 0.2) is 71.9 Å². The molecule has 12 heteroatoms. The van der Waals surface area contributed by atoms with E-state index in [-0.39, 0.29) is 24.1 Å². The molecule has 0 unspecified atom stereocenters. The van der Waals surface area contributed by atoms with Gasteiger partial charge in [0.15, 0.2) is 22.5 Å². The molecular formula is C28H29N5O6S. The number of nitrogens with one attached hydrogen (secondary N) is 2. The molecule has 0 aliphatic carbocycles. The van der Waals surface area contributed by atoms with Crippen LogP contribution < -0.4 is 29.6 Å². The SMILES string of the molecule is COc1ccc(NC(=O)CSc2nnc(CNC(=O)c3ccc(OC)c(OC)c3)n2-c2ccccc2OC)cc1. The number of carbonyl (C=O) groups is 2. The van der Waals surface area contributed by atoms with E-state index in [1.807, 2.05) is 24.3 Å². The Morgan fingerprint density at radius 3 is 2.25 bits per heavy atom. The Morgan fingerprint density at radius 2 is 1.55 bits per heavy atom. The molecule has 0 fully saturated rings. The Hall–Kier alpha value is -4.71. The number of thioether (sulfide) groups is 1. The highest BCUT2D eigenvalue weighted by Gasteiger charge is 2.20. The van der Waals surface area contributed by atoms with Crippen molar-refractivity contribution in [1.82, 2.24) is 20.1 Å². The molecule has 4 rings (SSSR count). The lowest BCUT2D eigenvalue weighted by Crippen LogP contribution is -2.25. The first-order chi connectivity index (χ1) is 19.5. The molecule has 0 aliphatic rings. The van der Waals surface area contributed by atoms with Crippen LogP contribution in [0.2, 0.25) is 0 Å². The maximum absolute atomic E-state index is 12.9. The highest BCUT2D eigenvalue weighted by molar-refractivity contribution is 7.99. The summed E-state index contributed by atoms with van der Waals surface area (Å²) in [5, 5.41) is 14.8. The van der Waals surface area contributed by atoms with Crippen molar-refractivity contribution in [2.45, 2.75) is 11.7 Å². The molecule has 3 aromatic carbocycles. The van der Waals surface area contributed by atoms with Crippen LogP contribution in [0.25, 0.3) is 5.69 Å². The van der Waals surface area contributed by atoms with Gasteiger partial charge >= 0.3 is 0 Å². The van der Waals surface area contributed by atoms with Gasteiger partial charge in [0, 0.05) is 11.3 Å². The van der Waals surface area contributed by atoms with Gasteiger partial charge in [0.05, 0.1) is 46.4 Å². The summed E-state index contributed by atoms with van der Waals surface area (Å²) in [6.45, 7) is 0.0663. The lowest BCUT2D eigenvalue weighted by molar-refractivity contribution is -0.113. The number of aromatic nitrogens is 3. The van der Waals surface area contributed by atoms with Gasteiger partial charge in [0.25, 0.3) is 5.91 Å². The van der Waals surface area contributed by atoms with E-state index in [0.29, 0.717) is 50.9 Å². The van der Waals surface area contributed by atoms with Gasteiger partial charge in [-0.1, -0.05) is 23.9 Å². The number of para-hydroxylation sites is 2. The molecule has 1 aromatic heterocycles. The highest BCUT2D eigenvalue weighted by atomic mass is 32.2. The van der Waals surface area contributed by atoms with E-state index in [4.69, 9.17) is 18.9 Å². The standard InChI is InChI=1S/C28H29N5O6S/c1-36-20-12-10-19(11-13-20)30-26(34)17-40-28-32-31-25(33(28)21-7-5-6-8-22(21)37-2)16-29-27(35)18-9-14-23(38-3)24(15-18)39-4/h5-15H,16-17H2,1-4H3,(H,29,35)(H,30,34). The number of hydrogen-bond acceptors (Lipinski definition) is 9. The number of nitrogens with zero attached hydrogens (tertiary/aromatic N) is 3. The number of rotatable bonds is 12.